The lowest BCUT2D eigenvalue weighted by molar-refractivity contribution is -0.137. The summed E-state index contributed by atoms with van der Waals surface area (Å²) in [5, 5.41) is 3.98. The average Bonchev–Trinajstić information content (AvgIpc) is 3.21. The number of sulfonamides is 1. The predicted molar refractivity (Wildman–Crippen MR) is 119 cm³/mol. The standard InChI is InChI=1S/C21H17F3N2O6S2/c1-12(27)25-14-4-6-15(7-5-14)34(29,30)26-16-11-13(21(22,23)24)3-8-17(16)32-18-9-10-33-19(18)20(28)31-2/h3-11,26H,1-2H3,(H,25,27). The molecular formula is C21H17F3N2O6S2. The smallest absolute Gasteiger partial charge is 0.416 e. The summed E-state index contributed by atoms with van der Waals surface area (Å²) < 4.78 is 77.9. The lowest BCUT2D eigenvalue weighted by Gasteiger charge is -2.16. The number of hydrogen-bond donors (Lipinski definition) is 2. The van der Waals surface area contributed by atoms with Crippen molar-refractivity contribution in [2.75, 3.05) is 17.1 Å². The Morgan fingerprint density at radius 1 is 1.00 bits per heavy atom. The molecule has 1 amide bonds. The number of amides is 1. The molecule has 0 aliphatic heterocycles. The summed E-state index contributed by atoms with van der Waals surface area (Å²) in [6.45, 7) is 1.28. The summed E-state index contributed by atoms with van der Waals surface area (Å²) >= 11 is 0.982. The summed E-state index contributed by atoms with van der Waals surface area (Å²) in [7, 11) is -3.20. The maximum atomic E-state index is 13.3. The van der Waals surface area contributed by atoms with Gasteiger partial charge in [-0.25, -0.2) is 13.2 Å². The predicted octanol–water partition coefficient (Wildman–Crippen LogP) is 5.11. The zero-order valence-electron chi connectivity index (χ0n) is 17.6. The van der Waals surface area contributed by atoms with Crippen LogP contribution in [0.25, 0.3) is 0 Å². The molecule has 3 rings (SSSR count). The molecular weight excluding hydrogens is 497 g/mol. The number of esters is 1. The largest absolute Gasteiger partial charge is 0.465 e. The SMILES string of the molecule is COC(=O)c1sccc1Oc1ccc(C(F)(F)F)cc1NS(=O)(=O)c1ccc(NC(C)=O)cc1. The number of halogens is 3. The lowest BCUT2D eigenvalue weighted by Crippen LogP contribution is -2.15. The van der Waals surface area contributed by atoms with Crippen LogP contribution >= 0.6 is 11.3 Å². The first-order valence-corrected chi connectivity index (χ1v) is 11.7. The van der Waals surface area contributed by atoms with E-state index in [4.69, 9.17) is 4.74 Å². The van der Waals surface area contributed by atoms with Gasteiger partial charge < -0.3 is 14.8 Å². The molecule has 13 heteroatoms. The number of carbonyl (C=O) groups is 2. The summed E-state index contributed by atoms with van der Waals surface area (Å²) in [5.74, 6) is -1.37. The quantitative estimate of drug-likeness (QED) is 0.424. The Hall–Kier alpha value is -3.58. The van der Waals surface area contributed by atoms with Crippen LogP contribution in [0, 0.1) is 0 Å². The number of rotatable bonds is 7. The molecule has 2 N–H and O–H groups in total. The summed E-state index contributed by atoms with van der Waals surface area (Å²) in [5.41, 5.74) is -1.28. The van der Waals surface area contributed by atoms with Gasteiger partial charge in [0.25, 0.3) is 10.0 Å². The first-order valence-electron chi connectivity index (χ1n) is 9.36. The van der Waals surface area contributed by atoms with Crippen molar-refractivity contribution in [2.24, 2.45) is 0 Å². The molecule has 2 aromatic carbocycles. The Balaban J connectivity index is 1.99. The molecule has 0 unspecified atom stereocenters. The normalized spacial score (nSPS) is 11.6. The highest BCUT2D eigenvalue weighted by atomic mass is 32.2. The van der Waals surface area contributed by atoms with Crippen LogP contribution in [0.2, 0.25) is 0 Å². The Morgan fingerprint density at radius 3 is 2.26 bits per heavy atom. The van der Waals surface area contributed by atoms with Crippen LogP contribution in [0.5, 0.6) is 11.5 Å². The van der Waals surface area contributed by atoms with Crippen molar-refractivity contribution in [3.05, 3.63) is 64.4 Å². The second-order valence-electron chi connectivity index (χ2n) is 6.73. The highest BCUT2D eigenvalue weighted by Crippen LogP contribution is 2.39. The van der Waals surface area contributed by atoms with Gasteiger partial charge in [-0.2, -0.15) is 13.2 Å². The van der Waals surface area contributed by atoms with E-state index in [0.717, 1.165) is 30.6 Å². The highest BCUT2D eigenvalue weighted by molar-refractivity contribution is 7.92. The molecule has 3 aromatic rings. The van der Waals surface area contributed by atoms with E-state index >= 15 is 0 Å². The molecule has 0 fully saturated rings. The van der Waals surface area contributed by atoms with E-state index in [1.54, 1.807) is 0 Å². The molecule has 0 aliphatic carbocycles. The Labute approximate surface area is 196 Å². The highest BCUT2D eigenvalue weighted by Gasteiger charge is 2.32. The second kappa shape index (κ2) is 9.73. The maximum absolute atomic E-state index is 13.3. The third-order valence-electron chi connectivity index (χ3n) is 4.26. The third kappa shape index (κ3) is 5.85. The molecule has 180 valence electrons. The van der Waals surface area contributed by atoms with Crippen LogP contribution in [0.15, 0.2) is 58.8 Å². The molecule has 1 heterocycles. The minimum absolute atomic E-state index is 0.0169. The minimum atomic E-state index is -4.75. The van der Waals surface area contributed by atoms with Crippen LogP contribution in [-0.4, -0.2) is 27.4 Å². The fourth-order valence-corrected chi connectivity index (χ4v) is 4.53. The molecule has 0 spiro atoms. The maximum Gasteiger partial charge on any atom is 0.416 e. The van der Waals surface area contributed by atoms with Gasteiger partial charge in [0.15, 0.2) is 16.4 Å². The van der Waals surface area contributed by atoms with Crippen molar-refractivity contribution < 1.29 is 40.7 Å². The van der Waals surface area contributed by atoms with E-state index in [2.05, 4.69) is 14.8 Å². The van der Waals surface area contributed by atoms with Gasteiger partial charge in [-0.05, 0) is 53.9 Å². The average molecular weight is 515 g/mol. The van der Waals surface area contributed by atoms with E-state index in [1.165, 1.54) is 42.6 Å². The Kier molecular flexibility index (Phi) is 7.17. The topological polar surface area (TPSA) is 111 Å². The van der Waals surface area contributed by atoms with Gasteiger partial charge in [0.1, 0.15) is 0 Å². The van der Waals surface area contributed by atoms with Crippen molar-refractivity contribution in [2.45, 2.75) is 18.0 Å². The van der Waals surface area contributed by atoms with Gasteiger partial charge in [0.05, 0.1) is 23.3 Å². The molecule has 0 aliphatic rings. The van der Waals surface area contributed by atoms with Crippen molar-refractivity contribution in [3.8, 4) is 11.5 Å². The summed E-state index contributed by atoms with van der Waals surface area (Å²) in [4.78, 5) is 22.8. The number of thiophene rings is 1. The number of ether oxygens (including phenoxy) is 2. The fourth-order valence-electron chi connectivity index (χ4n) is 2.74. The van der Waals surface area contributed by atoms with Gasteiger partial charge >= 0.3 is 12.1 Å². The van der Waals surface area contributed by atoms with E-state index in [9.17, 15) is 31.2 Å². The van der Waals surface area contributed by atoms with Gasteiger partial charge in [-0.3, -0.25) is 9.52 Å². The van der Waals surface area contributed by atoms with Crippen molar-refractivity contribution in [1.29, 1.82) is 0 Å². The van der Waals surface area contributed by atoms with Gasteiger partial charge in [0, 0.05) is 12.6 Å². The van der Waals surface area contributed by atoms with E-state index < -0.39 is 33.4 Å². The number of anilines is 2. The van der Waals surface area contributed by atoms with E-state index in [1.807, 2.05) is 0 Å². The Morgan fingerprint density at radius 2 is 1.68 bits per heavy atom. The first kappa shape index (κ1) is 25.1. The third-order valence-corrected chi connectivity index (χ3v) is 6.51. The van der Waals surface area contributed by atoms with E-state index in [0.29, 0.717) is 11.8 Å². The lowest BCUT2D eigenvalue weighted by atomic mass is 10.2. The van der Waals surface area contributed by atoms with Crippen LogP contribution in [0.4, 0.5) is 24.5 Å². The molecule has 0 saturated carbocycles. The van der Waals surface area contributed by atoms with E-state index in [-0.39, 0.29) is 27.2 Å². The molecule has 0 atom stereocenters. The minimum Gasteiger partial charge on any atom is -0.465 e. The number of methoxy groups -OCH3 is 1. The molecule has 0 bridgehead atoms. The summed E-state index contributed by atoms with van der Waals surface area (Å²) in [6, 6.07) is 8.65. The number of carbonyl (C=O) groups excluding carboxylic acids is 2. The number of nitrogens with one attached hydrogen (secondary N) is 2. The molecule has 8 nitrogen and oxygen atoms in total. The molecule has 0 saturated heterocycles. The zero-order valence-corrected chi connectivity index (χ0v) is 19.2. The molecule has 1 aromatic heterocycles. The van der Waals surface area contributed by atoms with Crippen LogP contribution in [-0.2, 0) is 25.7 Å². The number of alkyl halides is 3. The number of benzene rings is 2. The monoisotopic (exact) mass is 514 g/mol. The van der Waals surface area contributed by atoms with Crippen molar-refractivity contribution in [3.63, 3.8) is 0 Å². The van der Waals surface area contributed by atoms with Gasteiger partial charge in [-0.15, -0.1) is 11.3 Å². The van der Waals surface area contributed by atoms with Crippen LogP contribution in [0.1, 0.15) is 22.2 Å². The zero-order chi connectivity index (χ0) is 25.1. The van der Waals surface area contributed by atoms with Crippen LogP contribution < -0.4 is 14.8 Å². The number of hydrogen-bond acceptors (Lipinski definition) is 7. The summed E-state index contributed by atoms with van der Waals surface area (Å²) in [6.07, 6.45) is -4.75. The fraction of sp³-hybridized carbons (Fsp3) is 0.143. The molecule has 34 heavy (non-hydrogen) atoms. The second-order valence-corrected chi connectivity index (χ2v) is 9.33. The first-order chi connectivity index (χ1) is 15.9. The van der Waals surface area contributed by atoms with Crippen molar-refractivity contribution >= 4 is 44.6 Å². The molecule has 0 radical (unpaired) electrons. The van der Waals surface area contributed by atoms with Crippen molar-refractivity contribution in [1.82, 2.24) is 0 Å². The van der Waals surface area contributed by atoms with Crippen LogP contribution in [0.3, 0.4) is 0 Å². The Bertz CT molecular complexity index is 1320. The van der Waals surface area contributed by atoms with Gasteiger partial charge in [-0.1, -0.05) is 0 Å². The van der Waals surface area contributed by atoms with Gasteiger partial charge in [0.2, 0.25) is 5.91 Å².